The molecule has 1 aromatic carbocycles. The topological polar surface area (TPSA) is 62.3 Å². The van der Waals surface area contributed by atoms with Crippen molar-refractivity contribution in [1.82, 2.24) is 4.98 Å². The van der Waals surface area contributed by atoms with Crippen molar-refractivity contribution < 1.29 is 9.59 Å². The van der Waals surface area contributed by atoms with E-state index < -0.39 is 0 Å². The third-order valence-electron chi connectivity index (χ3n) is 3.49. The molecule has 23 heavy (non-hydrogen) atoms. The van der Waals surface area contributed by atoms with Gasteiger partial charge < -0.3 is 10.2 Å². The van der Waals surface area contributed by atoms with Crippen LogP contribution in [0.1, 0.15) is 25.1 Å². The molecule has 0 aliphatic heterocycles. The molecular formula is C17H21N3O2S. The zero-order chi connectivity index (χ0) is 17.0. The lowest BCUT2D eigenvalue weighted by Gasteiger charge is -2.19. The Bertz CT molecular complexity index is 709. The average molecular weight is 331 g/mol. The number of amides is 2. The smallest absolute Gasteiger partial charge is 0.232 e. The molecule has 0 atom stereocenters. The van der Waals surface area contributed by atoms with E-state index in [2.05, 4.69) is 10.3 Å². The van der Waals surface area contributed by atoms with Gasteiger partial charge in [0, 0.05) is 24.0 Å². The number of carbonyl (C=O) groups excluding carboxylic acids is 2. The molecule has 0 saturated heterocycles. The predicted molar refractivity (Wildman–Crippen MR) is 93.9 cm³/mol. The number of carbonyl (C=O) groups is 2. The van der Waals surface area contributed by atoms with Crippen molar-refractivity contribution in [3.63, 3.8) is 0 Å². The Labute approximate surface area is 140 Å². The molecule has 0 saturated carbocycles. The van der Waals surface area contributed by atoms with Crippen LogP contribution >= 0.6 is 11.3 Å². The van der Waals surface area contributed by atoms with Crippen molar-refractivity contribution in [1.29, 1.82) is 0 Å². The number of benzene rings is 1. The number of anilines is 2. The molecule has 122 valence electrons. The molecule has 0 aliphatic rings. The Kier molecular flexibility index (Phi) is 5.50. The Morgan fingerprint density at radius 2 is 2.00 bits per heavy atom. The highest BCUT2D eigenvalue weighted by Gasteiger charge is 2.16. The molecule has 1 heterocycles. The van der Waals surface area contributed by atoms with Crippen molar-refractivity contribution in [3.8, 4) is 0 Å². The normalized spacial score (nSPS) is 10.7. The van der Waals surface area contributed by atoms with Crippen molar-refractivity contribution in [2.45, 2.75) is 27.2 Å². The minimum atomic E-state index is -0.101. The van der Waals surface area contributed by atoms with Crippen molar-refractivity contribution in [2.75, 3.05) is 17.3 Å². The molecule has 6 heteroatoms. The van der Waals surface area contributed by atoms with Crippen LogP contribution in [0.15, 0.2) is 29.6 Å². The summed E-state index contributed by atoms with van der Waals surface area (Å²) in [6, 6.07) is 7.75. The van der Waals surface area contributed by atoms with Crippen LogP contribution in [0.5, 0.6) is 0 Å². The molecule has 2 amide bonds. The van der Waals surface area contributed by atoms with Crippen molar-refractivity contribution in [2.24, 2.45) is 5.92 Å². The van der Waals surface area contributed by atoms with E-state index in [-0.39, 0.29) is 24.2 Å². The van der Waals surface area contributed by atoms with Gasteiger partial charge in [-0.25, -0.2) is 4.98 Å². The number of nitrogens with zero attached hydrogens (tertiary/aromatic N) is 2. The summed E-state index contributed by atoms with van der Waals surface area (Å²) >= 11 is 1.33. The first kappa shape index (κ1) is 17.1. The first-order valence-electron chi connectivity index (χ1n) is 7.46. The molecule has 0 unspecified atom stereocenters. The number of para-hydroxylation sites is 1. The summed E-state index contributed by atoms with van der Waals surface area (Å²) in [4.78, 5) is 30.0. The van der Waals surface area contributed by atoms with E-state index in [1.54, 1.807) is 17.3 Å². The van der Waals surface area contributed by atoms with Gasteiger partial charge in [-0.3, -0.25) is 9.59 Å². The number of hydrogen-bond acceptors (Lipinski definition) is 4. The van der Waals surface area contributed by atoms with Crippen LogP contribution in [0.3, 0.4) is 0 Å². The average Bonchev–Trinajstić information content (AvgIpc) is 2.94. The summed E-state index contributed by atoms with van der Waals surface area (Å²) in [6.45, 7) is 5.62. The largest absolute Gasteiger partial charge is 0.315 e. The predicted octanol–water partition coefficient (Wildman–Crippen LogP) is 3.25. The highest BCUT2D eigenvalue weighted by Crippen LogP contribution is 2.20. The van der Waals surface area contributed by atoms with E-state index in [0.29, 0.717) is 10.8 Å². The van der Waals surface area contributed by atoms with Gasteiger partial charge in [-0.2, -0.15) is 0 Å². The Hall–Kier alpha value is -2.21. The zero-order valence-electron chi connectivity index (χ0n) is 13.8. The van der Waals surface area contributed by atoms with Gasteiger partial charge in [-0.1, -0.05) is 32.0 Å². The molecule has 0 bridgehead atoms. The summed E-state index contributed by atoms with van der Waals surface area (Å²) in [7, 11) is 1.76. The highest BCUT2D eigenvalue weighted by atomic mass is 32.1. The third-order valence-corrected chi connectivity index (χ3v) is 4.30. The first-order chi connectivity index (χ1) is 10.9. The number of thiazole rings is 1. The van der Waals surface area contributed by atoms with Crippen LogP contribution in [0, 0.1) is 12.8 Å². The molecule has 1 N–H and O–H groups in total. The lowest BCUT2D eigenvalue weighted by atomic mass is 10.2. The molecule has 0 fully saturated rings. The molecule has 2 aromatic rings. The second-order valence-electron chi connectivity index (χ2n) is 5.70. The number of likely N-dealkylation sites (N-methyl/N-ethyl adjacent to an activating group) is 1. The van der Waals surface area contributed by atoms with Gasteiger partial charge in [0.15, 0.2) is 5.13 Å². The number of hydrogen-bond donors (Lipinski definition) is 1. The van der Waals surface area contributed by atoms with Gasteiger partial charge in [-0.15, -0.1) is 11.3 Å². The summed E-state index contributed by atoms with van der Waals surface area (Å²) in [5.74, 6) is -0.211. The Morgan fingerprint density at radius 3 is 2.65 bits per heavy atom. The SMILES string of the molecule is Cc1ccccc1N(C)C(=O)Cc1csc(NC(=O)C(C)C)n1. The van der Waals surface area contributed by atoms with Crippen LogP contribution in [0.2, 0.25) is 0 Å². The number of rotatable bonds is 5. The Morgan fingerprint density at radius 1 is 1.30 bits per heavy atom. The van der Waals surface area contributed by atoms with E-state index in [1.165, 1.54) is 11.3 Å². The van der Waals surface area contributed by atoms with Gasteiger partial charge in [0.05, 0.1) is 12.1 Å². The maximum absolute atomic E-state index is 12.4. The summed E-state index contributed by atoms with van der Waals surface area (Å²) in [6.07, 6.45) is 0.207. The van der Waals surface area contributed by atoms with E-state index in [1.807, 2.05) is 45.0 Å². The summed E-state index contributed by atoms with van der Waals surface area (Å²) < 4.78 is 0. The molecule has 0 aliphatic carbocycles. The quantitative estimate of drug-likeness (QED) is 0.915. The van der Waals surface area contributed by atoms with Gasteiger partial charge in [0.2, 0.25) is 11.8 Å². The fourth-order valence-corrected chi connectivity index (χ4v) is 2.76. The third kappa shape index (κ3) is 4.39. The lowest BCUT2D eigenvalue weighted by molar-refractivity contribution is -0.119. The number of nitrogens with one attached hydrogen (secondary N) is 1. The van der Waals surface area contributed by atoms with Crippen LogP contribution in [0.25, 0.3) is 0 Å². The number of aromatic nitrogens is 1. The van der Waals surface area contributed by atoms with Crippen LogP contribution in [0.4, 0.5) is 10.8 Å². The second-order valence-corrected chi connectivity index (χ2v) is 6.56. The minimum Gasteiger partial charge on any atom is -0.315 e. The van der Waals surface area contributed by atoms with Crippen LogP contribution in [-0.4, -0.2) is 23.8 Å². The maximum atomic E-state index is 12.4. The van der Waals surface area contributed by atoms with Crippen LogP contribution in [-0.2, 0) is 16.0 Å². The standard InChI is InChI=1S/C17H21N3O2S/c1-11(2)16(22)19-17-18-13(10-23-17)9-15(21)20(4)14-8-6-5-7-12(14)3/h5-8,10-11H,9H2,1-4H3,(H,18,19,22). The van der Waals surface area contributed by atoms with E-state index in [9.17, 15) is 9.59 Å². The zero-order valence-corrected chi connectivity index (χ0v) is 14.6. The first-order valence-corrected chi connectivity index (χ1v) is 8.34. The minimum absolute atomic E-state index is 0.0358. The van der Waals surface area contributed by atoms with E-state index >= 15 is 0 Å². The van der Waals surface area contributed by atoms with Crippen molar-refractivity contribution >= 4 is 34.0 Å². The van der Waals surface area contributed by atoms with Gasteiger partial charge >= 0.3 is 0 Å². The monoisotopic (exact) mass is 331 g/mol. The van der Waals surface area contributed by atoms with E-state index in [4.69, 9.17) is 0 Å². The van der Waals surface area contributed by atoms with Gasteiger partial charge in [0.25, 0.3) is 0 Å². The maximum Gasteiger partial charge on any atom is 0.232 e. The summed E-state index contributed by atoms with van der Waals surface area (Å²) in [5.41, 5.74) is 2.60. The number of aryl methyl sites for hydroxylation is 1. The highest BCUT2D eigenvalue weighted by molar-refractivity contribution is 7.13. The van der Waals surface area contributed by atoms with Crippen molar-refractivity contribution in [3.05, 3.63) is 40.9 Å². The fourth-order valence-electron chi connectivity index (χ4n) is 2.04. The Balaban J connectivity index is 2.02. The van der Waals surface area contributed by atoms with E-state index in [0.717, 1.165) is 11.3 Å². The van der Waals surface area contributed by atoms with Crippen LogP contribution < -0.4 is 10.2 Å². The fraction of sp³-hybridized carbons (Fsp3) is 0.353. The molecular weight excluding hydrogens is 310 g/mol. The lowest BCUT2D eigenvalue weighted by Crippen LogP contribution is -2.28. The van der Waals surface area contributed by atoms with Gasteiger partial charge in [-0.05, 0) is 18.6 Å². The molecule has 5 nitrogen and oxygen atoms in total. The summed E-state index contributed by atoms with van der Waals surface area (Å²) in [5, 5.41) is 5.09. The molecule has 1 aromatic heterocycles. The molecule has 0 spiro atoms. The van der Waals surface area contributed by atoms with Gasteiger partial charge in [0.1, 0.15) is 0 Å². The molecule has 0 radical (unpaired) electrons. The molecule has 2 rings (SSSR count). The second kappa shape index (κ2) is 7.37.